The summed E-state index contributed by atoms with van der Waals surface area (Å²) < 4.78 is 4.97. The Kier molecular flexibility index (Phi) is 3.25. The summed E-state index contributed by atoms with van der Waals surface area (Å²) in [6, 6.07) is 3.76. The first kappa shape index (κ1) is 9.99. The Bertz CT molecular complexity index is 284. The molecule has 1 N–H and O–H groups in total. The molecule has 1 aromatic rings. The van der Waals surface area contributed by atoms with E-state index in [9.17, 15) is 0 Å². The lowest BCUT2D eigenvalue weighted by Crippen LogP contribution is -2.01. The van der Waals surface area contributed by atoms with Crippen molar-refractivity contribution in [2.45, 2.75) is 26.4 Å². The van der Waals surface area contributed by atoms with Crippen LogP contribution < -0.4 is 4.74 Å². The molecule has 0 aromatic carbocycles. The topological polar surface area (TPSA) is 42.4 Å². The molecule has 1 heterocycles. The molecular weight excluding hydrogens is 166 g/mol. The molecule has 0 bridgehead atoms. The highest BCUT2D eigenvalue weighted by atomic mass is 16.5. The number of hydrogen-bond acceptors (Lipinski definition) is 3. The van der Waals surface area contributed by atoms with Crippen LogP contribution in [0.15, 0.2) is 12.1 Å². The molecule has 0 fully saturated rings. The fourth-order valence-corrected chi connectivity index (χ4v) is 1.26. The van der Waals surface area contributed by atoms with Crippen molar-refractivity contribution in [1.29, 1.82) is 0 Å². The minimum Gasteiger partial charge on any atom is -0.481 e. The van der Waals surface area contributed by atoms with E-state index in [1.165, 1.54) is 0 Å². The Morgan fingerprint density at radius 3 is 2.62 bits per heavy atom. The van der Waals surface area contributed by atoms with E-state index in [4.69, 9.17) is 9.84 Å². The fourth-order valence-electron chi connectivity index (χ4n) is 1.26. The lowest BCUT2D eigenvalue weighted by Gasteiger charge is -2.10. The number of nitrogens with zero attached hydrogens (tertiary/aromatic N) is 1. The number of aliphatic hydroxyl groups is 1. The van der Waals surface area contributed by atoms with Crippen LogP contribution in [0, 0.1) is 0 Å². The van der Waals surface area contributed by atoms with Crippen molar-refractivity contribution in [3.63, 3.8) is 0 Å². The number of ether oxygens (including phenoxy) is 1. The molecule has 1 rings (SSSR count). The highest BCUT2D eigenvalue weighted by molar-refractivity contribution is 5.27. The van der Waals surface area contributed by atoms with E-state index in [0.29, 0.717) is 17.5 Å². The van der Waals surface area contributed by atoms with E-state index in [0.717, 1.165) is 5.56 Å². The summed E-state index contributed by atoms with van der Waals surface area (Å²) in [5, 5.41) is 9.07. The average Bonchev–Trinajstić information content (AvgIpc) is 2.16. The second-order valence-electron chi connectivity index (χ2n) is 3.20. The highest BCUT2D eigenvalue weighted by Gasteiger charge is 2.08. The van der Waals surface area contributed by atoms with E-state index >= 15 is 0 Å². The third-order valence-corrected chi connectivity index (χ3v) is 1.96. The van der Waals surface area contributed by atoms with Gasteiger partial charge in [0.1, 0.15) is 0 Å². The smallest absolute Gasteiger partial charge is 0.213 e. The van der Waals surface area contributed by atoms with Crippen LogP contribution in [-0.2, 0) is 6.61 Å². The maximum Gasteiger partial charge on any atom is 0.213 e. The first-order chi connectivity index (χ1) is 6.19. The van der Waals surface area contributed by atoms with E-state index < -0.39 is 0 Å². The molecule has 0 aliphatic carbocycles. The minimum atomic E-state index is -0.0370. The van der Waals surface area contributed by atoms with E-state index in [-0.39, 0.29) is 6.61 Å². The lowest BCUT2D eigenvalue weighted by molar-refractivity contribution is 0.272. The lowest BCUT2D eigenvalue weighted by atomic mass is 10.0. The molecule has 0 spiro atoms. The van der Waals surface area contributed by atoms with Crippen LogP contribution in [0.3, 0.4) is 0 Å². The molecule has 0 aliphatic heterocycles. The average molecular weight is 181 g/mol. The van der Waals surface area contributed by atoms with Crippen molar-refractivity contribution in [2.75, 3.05) is 7.11 Å². The van der Waals surface area contributed by atoms with Crippen molar-refractivity contribution >= 4 is 0 Å². The summed E-state index contributed by atoms with van der Waals surface area (Å²) in [7, 11) is 1.57. The van der Waals surface area contributed by atoms with Crippen molar-refractivity contribution < 1.29 is 9.84 Å². The maximum absolute atomic E-state index is 9.07. The third kappa shape index (κ3) is 2.18. The van der Waals surface area contributed by atoms with Gasteiger partial charge in [0.2, 0.25) is 5.88 Å². The molecule has 0 aliphatic rings. The monoisotopic (exact) mass is 181 g/mol. The predicted molar refractivity (Wildman–Crippen MR) is 50.8 cm³/mol. The zero-order chi connectivity index (χ0) is 9.84. The summed E-state index contributed by atoms with van der Waals surface area (Å²) in [6.45, 7) is 4.11. The molecule has 0 amide bonds. The van der Waals surface area contributed by atoms with Gasteiger partial charge in [-0.15, -0.1) is 0 Å². The molecule has 0 saturated heterocycles. The molecule has 3 nitrogen and oxygen atoms in total. The second kappa shape index (κ2) is 4.23. The van der Waals surface area contributed by atoms with Crippen LogP contribution >= 0.6 is 0 Å². The van der Waals surface area contributed by atoms with Gasteiger partial charge in [-0.3, -0.25) is 0 Å². The zero-order valence-electron chi connectivity index (χ0n) is 8.24. The molecule has 0 saturated carbocycles. The molecule has 13 heavy (non-hydrogen) atoms. The van der Waals surface area contributed by atoms with Crippen molar-refractivity contribution in [3.8, 4) is 5.88 Å². The van der Waals surface area contributed by atoms with Gasteiger partial charge in [-0.1, -0.05) is 19.9 Å². The van der Waals surface area contributed by atoms with Crippen molar-refractivity contribution in [2.24, 2.45) is 0 Å². The normalized spacial score (nSPS) is 10.5. The highest BCUT2D eigenvalue weighted by Crippen LogP contribution is 2.20. The van der Waals surface area contributed by atoms with Crippen LogP contribution in [0.2, 0.25) is 0 Å². The van der Waals surface area contributed by atoms with Crippen molar-refractivity contribution in [3.05, 3.63) is 23.4 Å². The van der Waals surface area contributed by atoms with Gasteiger partial charge in [0.05, 0.1) is 19.4 Å². The van der Waals surface area contributed by atoms with Gasteiger partial charge in [-0.2, -0.15) is 0 Å². The van der Waals surface area contributed by atoms with Crippen LogP contribution in [-0.4, -0.2) is 17.2 Å². The number of aliphatic hydroxyl groups excluding tert-OH is 1. The first-order valence-electron chi connectivity index (χ1n) is 4.33. The van der Waals surface area contributed by atoms with Gasteiger partial charge in [-0.05, 0) is 11.5 Å². The summed E-state index contributed by atoms with van der Waals surface area (Å²) in [6.07, 6.45) is 0. The number of methoxy groups -OCH3 is 1. The Balaban J connectivity index is 3.08. The first-order valence-corrected chi connectivity index (χ1v) is 4.33. The van der Waals surface area contributed by atoms with E-state index in [1.54, 1.807) is 7.11 Å². The van der Waals surface area contributed by atoms with Crippen LogP contribution in [0.4, 0.5) is 0 Å². The Morgan fingerprint density at radius 1 is 1.46 bits per heavy atom. The summed E-state index contributed by atoms with van der Waals surface area (Å²) in [5.41, 5.74) is 1.78. The molecule has 1 aromatic heterocycles. The molecule has 0 atom stereocenters. The number of pyridine rings is 1. The molecule has 3 heteroatoms. The third-order valence-electron chi connectivity index (χ3n) is 1.96. The minimum absolute atomic E-state index is 0.0370. The molecule has 0 unspecified atom stereocenters. The maximum atomic E-state index is 9.07. The summed E-state index contributed by atoms with van der Waals surface area (Å²) in [5.74, 6) is 0.925. The van der Waals surface area contributed by atoms with Crippen LogP contribution in [0.5, 0.6) is 5.88 Å². The largest absolute Gasteiger partial charge is 0.481 e. The molecular formula is C10H15NO2. The second-order valence-corrected chi connectivity index (χ2v) is 3.20. The number of aromatic nitrogens is 1. The van der Waals surface area contributed by atoms with Gasteiger partial charge >= 0.3 is 0 Å². The standard InChI is InChI=1S/C10H15NO2/c1-7(2)8-4-5-10(13-3)11-9(8)6-12/h4-5,7,12H,6H2,1-3H3. The SMILES string of the molecule is COc1ccc(C(C)C)c(CO)n1. The summed E-state index contributed by atoms with van der Waals surface area (Å²) in [4.78, 5) is 4.16. The van der Waals surface area contributed by atoms with Gasteiger partial charge in [0.25, 0.3) is 0 Å². The molecule has 72 valence electrons. The van der Waals surface area contributed by atoms with Gasteiger partial charge < -0.3 is 9.84 Å². The number of rotatable bonds is 3. The Hall–Kier alpha value is -1.09. The van der Waals surface area contributed by atoms with Crippen molar-refractivity contribution in [1.82, 2.24) is 4.98 Å². The van der Waals surface area contributed by atoms with E-state index in [1.807, 2.05) is 12.1 Å². The predicted octanol–water partition coefficient (Wildman–Crippen LogP) is 1.71. The van der Waals surface area contributed by atoms with Gasteiger partial charge in [0, 0.05) is 6.07 Å². The van der Waals surface area contributed by atoms with E-state index in [2.05, 4.69) is 18.8 Å². The Morgan fingerprint density at radius 2 is 2.15 bits per heavy atom. The van der Waals surface area contributed by atoms with Gasteiger partial charge in [-0.25, -0.2) is 4.98 Å². The number of hydrogen-bond donors (Lipinski definition) is 1. The molecule has 0 radical (unpaired) electrons. The van der Waals surface area contributed by atoms with Crippen LogP contribution in [0.25, 0.3) is 0 Å². The summed E-state index contributed by atoms with van der Waals surface area (Å²) >= 11 is 0. The quantitative estimate of drug-likeness (QED) is 0.771. The zero-order valence-corrected chi connectivity index (χ0v) is 8.24. The Labute approximate surface area is 78.4 Å². The fraction of sp³-hybridized carbons (Fsp3) is 0.500. The van der Waals surface area contributed by atoms with Gasteiger partial charge in [0.15, 0.2) is 0 Å². The van der Waals surface area contributed by atoms with Crippen LogP contribution in [0.1, 0.15) is 31.0 Å².